The van der Waals surface area contributed by atoms with Crippen molar-refractivity contribution in [1.82, 2.24) is 24.5 Å². The third-order valence-electron chi connectivity index (χ3n) is 3.95. The summed E-state index contributed by atoms with van der Waals surface area (Å²) in [7, 11) is 0. The lowest BCUT2D eigenvalue weighted by Gasteiger charge is -2.08. The second-order valence-corrected chi connectivity index (χ2v) is 7.39. The highest BCUT2D eigenvalue weighted by molar-refractivity contribution is 7.99. The summed E-state index contributed by atoms with van der Waals surface area (Å²) < 4.78 is 4.08. The monoisotopic (exact) mass is 387 g/mol. The van der Waals surface area contributed by atoms with Crippen LogP contribution in [0.2, 0.25) is 5.02 Å². The van der Waals surface area contributed by atoms with Gasteiger partial charge in [-0.1, -0.05) is 35.9 Å². The number of hydrogen-bond donors (Lipinski definition) is 0. The Hall–Kier alpha value is -2.05. The Kier molecular flexibility index (Phi) is 6.91. The van der Waals surface area contributed by atoms with Crippen molar-refractivity contribution in [2.45, 2.75) is 37.5 Å². The summed E-state index contributed by atoms with van der Waals surface area (Å²) in [5, 5.41) is 14.6. The van der Waals surface area contributed by atoms with Crippen molar-refractivity contribution < 1.29 is 0 Å². The van der Waals surface area contributed by atoms with Crippen molar-refractivity contribution in [3.63, 3.8) is 0 Å². The Morgan fingerprint density at radius 1 is 1.12 bits per heavy atom. The van der Waals surface area contributed by atoms with E-state index in [4.69, 9.17) is 11.6 Å². The summed E-state index contributed by atoms with van der Waals surface area (Å²) >= 11 is 7.73. The highest BCUT2D eigenvalue weighted by Gasteiger charge is 2.13. The normalized spacial score (nSPS) is 11.0. The molecule has 136 valence electrons. The Labute approximate surface area is 163 Å². The standard InChI is InChI=1S/C19H22ClN5S/c1-2-12-25-18(16-7-9-17(20)10-8-16)22-23-19(25)26-15-5-3-4-13-24-14-6-11-21-24/h2,6-11,14H,1,3-5,12-13,15H2. The first-order valence-electron chi connectivity index (χ1n) is 8.68. The van der Waals surface area contributed by atoms with E-state index in [-0.39, 0.29) is 0 Å². The summed E-state index contributed by atoms with van der Waals surface area (Å²) in [5.41, 5.74) is 1.01. The molecule has 0 radical (unpaired) electrons. The maximum atomic E-state index is 5.98. The molecule has 0 N–H and O–H groups in total. The predicted molar refractivity (Wildman–Crippen MR) is 107 cm³/mol. The zero-order valence-corrected chi connectivity index (χ0v) is 16.2. The predicted octanol–water partition coefficient (Wildman–Crippen LogP) is 4.94. The van der Waals surface area contributed by atoms with E-state index in [1.807, 2.05) is 53.5 Å². The molecule has 26 heavy (non-hydrogen) atoms. The zero-order chi connectivity index (χ0) is 18.2. The molecule has 0 fully saturated rings. The SMILES string of the molecule is C=CCn1c(SCCCCCn2cccn2)nnc1-c1ccc(Cl)cc1. The van der Waals surface area contributed by atoms with Crippen LogP contribution in [0.1, 0.15) is 19.3 Å². The van der Waals surface area contributed by atoms with Crippen molar-refractivity contribution in [3.8, 4) is 11.4 Å². The fraction of sp³-hybridized carbons (Fsp3) is 0.316. The van der Waals surface area contributed by atoms with Gasteiger partial charge >= 0.3 is 0 Å². The van der Waals surface area contributed by atoms with Gasteiger partial charge in [0.05, 0.1) is 0 Å². The van der Waals surface area contributed by atoms with Gasteiger partial charge in [-0.15, -0.1) is 16.8 Å². The summed E-state index contributed by atoms with van der Waals surface area (Å²) in [5.74, 6) is 1.87. The first-order chi connectivity index (χ1) is 12.8. The molecule has 3 aromatic rings. The van der Waals surface area contributed by atoms with Crippen molar-refractivity contribution >= 4 is 23.4 Å². The third kappa shape index (κ3) is 4.99. The van der Waals surface area contributed by atoms with Crippen LogP contribution in [0, 0.1) is 0 Å². The smallest absolute Gasteiger partial charge is 0.191 e. The molecule has 2 aromatic heterocycles. The number of nitrogens with zero attached hydrogens (tertiary/aromatic N) is 5. The molecule has 0 aliphatic heterocycles. The van der Waals surface area contributed by atoms with Crippen LogP contribution < -0.4 is 0 Å². The molecule has 2 heterocycles. The molecule has 3 rings (SSSR count). The number of benzene rings is 1. The van der Waals surface area contributed by atoms with E-state index >= 15 is 0 Å². The van der Waals surface area contributed by atoms with Gasteiger partial charge in [0.25, 0.3) is 0 Å². The number of unbranched alkanes of at least 4 members (excludes halogenated alkanes) is 2. The highest BCUT2D eigenvalue weighted by atomic mass is 35.5. The van der Waals surface area contributed by atoms with E-state index in [9.17, 15) is 0 Å². The number of hydrogen-bond acceptors (Lipinski definition) is 4. The average Bonchev–Trinajstić information content (AvgIpc) is 3.30. The quantitative estimate of drug-likeness (QED) is 0.281. The summed E-state index contributed by atoms with van der Waals surface area (Å²) in [6.07, 6.45) is 9.15. The first-order valence-corrected chi connectivity index (χ1v) is 10.0. The minimum absolute atomic E-state index is 0.687. The van der Waals surface area contributed by atoms with Gasteiger partial charge in [0.1, 0.15) is 0 Å². The lowest BCUT2D eigenvalue weighted by Crippen LogP contribution is -2.01. The minimum atomic E-state index is 0.687. The Balaban J connectivity index is 1.54. The summed E-state index contributed by atoms with van der Waals surface area (Å²) in [4.78, 5) is 0. The van der Waals surface area contributed by atoms with Gasteiger partial charge in [0.15, 0.2) is 11.0 Å². The molecule has 1 aromatic carbocycles. The van der Waals surface area contributed by atoms with Crippen LogP contribution in [0.25, 0.3) is 11.4 Å². The average molecular weight is 388 g/mol. The first kappa shape index (κ1) is 18.7. The minimum Gasteiger partial charge on any atom is -0.298 e. The molecule has 0 unspecified atom stereocenters. The van der Waals surface area contributed by atoms with Crippen LogP contribution in [0.5, 0.6) is 0 Å². The molecule has 0 bridgehead atoms. The van der Waals surface area contributed by atoms with E-state index in [2.05, 4.69) is 26.4 Å². The van der Waals surface area contributed by atoms with Crippen molar-refractivity contribution in [2.75, 3.05) is 5.75 Å². The van der Waals surface area contributed by atoms with Crippen LogP contribution in [0.4, 0.5) is 0 Å². The van der Waals surface area contributed by atoms with Crippen LogP contribution >= 0.6 is 23.4 Å². The van der Waals surface area contributed by atoms with Gasteiger partial charge in [0.2, 0.25) is 0 Å². The number of thioether (sulfide) groups is 1. The zero-order valence-electron chi connectivity index (χ0n) is 14.6. The number of aromatic nitrogens is 5. The maximum Gasteiger partial charge on any atom is 0.191 e. The van der Waals surface area contributed by atoms with Crippen LogP contribution in [0.3, 0.4) is 0 Å². The largest absolute Gasteiger partial charge is 0.298 e. The molecule has 0 spiro atoms. The lowest BCUT2D eigenvalue weighted by molar-refractivity contribution is 0.554. The van der Waals surface area contributed by atoms with E-state index in [1.54, 1.807) is 11.8 Å². The van der Waals surface area contributed by atoms with Gasteiger partial charge in [-0.3, -0.25) is 9.25 Å². The van der Waals surface area contributed by atoms with Gasteiger partial charge in [-0.2, -0.15) is 5.10 Å². The van der Waals surface area contributed by atoms with Crippen molar-refractivity contribution in [3.05, 3.63) is 60.4 Å². The fourth-order valence-electron chi connectivity index (χ4n) is 2.65. The van der Waals surface area contributed by atoms with E-state index < -0.39 is 0 Å². The number of rotatable bonds is 10. The Morgan fingerprint density at radius 2 is 1.96 bits per heavy atom. The van der Waals surface area contributed by atoms with E-state index in [0.717, 1.165) is 41.7 Å². The molecule has 5 nitrogen and oxygen atoms in total. The second-order valence-electron chi connectivity index (χ2n) is 5.89. The van der Waals surface area contributed by atoms with Gasteiger partial charge in [-0.25, -0.2) is 0 Å². The highest BCUT2D eigenvalue weighted by Crippen LogP contribution is 2.25. The molecule has 0 saturated carbocycles. The molecule has 7 heteroatoms. The molecule has 0 saturated heterocycles. The van der Waals surface area contributed by atoms with Gasteiger partial charge < -0.3 is 0 Å². The lowest BCUT2D eigenvalue weighted by atomic mass is 10.2. The van der Waals surface area contributed by atoms with Crippen molar-refractivity contribution in [2.24, 2.45) is 0 Å². The van der Waals surface area contributed by atoms with E-state index in [1.165, 1.54) is 6.42 Å². The molecular weight excluding hydrogens is 366 g/mol. The van der Waals surface area contributed by atoms with Crippen LogP contribution in [-0.4, -0.2) is 30.3 Å². The topological polar surface area (TPSA) is 48.5 Å². The molecular formula is C19H22ClN5S. The van der Waals surface area contributed by atoms with Crippen molar-refractivity contribution in [1.29, 1.82) is 0 Å². The summed E-state index contributed by atoms with van der Waals surface area (Å²) in [6.45, 7) is 5.52. The number of allylic oxidation sites excluding steroid dienone is 1. The fourth-order valence-corrected chi connectivity index (χ4v) is 3.72. The molecule has 0 amide bonds. The summed E-state index contributed by atoms with van der Waals surface area (Å²) in [6, 6.07) is 9.64. The van der Waals surface area contributed by atoms with Gasteiger partial charge in [-0.05, 0) is 43.2 Å². The van der Waals surface area contributed by atoms with E-state index in [0.29, 0.717) is 11.6 Å². The van der Waals surface area contributed by atoms with Crippen LogP contribution in [-0.2, 0) is 13.1 Å². The van der Waals surface area contributed by atoms with Crippen LogP contribution in [0.15, 0.2) is 60.5 Å². The second kappa shape index (κ2) is 9.59. The number of halogens is 1. The third-order valence-corrected chi connectivity index (χ3v) is 5.26. The number of aryl methyl sites for hydroxylation is 1. The Morgan fingerprint density at radius 3 is 2.69 bits per heavy atom. The molecule has 0 atom stereocenters. The molecule has 0 aliphatic rings. The molecule has 0 aliphatic carbocycles. The maximum absolute atomic E-state index is 5.98. The van der Waals surface area contributed by atoms with Gasteiger partial charge in [0, 0.05) is 41.8 Å². The Bertz CT molecular complexity index is 811.